The molecule has 0 aliphatic heterocycles. The second-order valence-electron chi connectivity index (χ2n) is 4.64. The molecule has 2 heterocycles. The lowest BCUT2D eigenvalue weighted by Gasteiger charge is -2.10. The van der Waals surface area contributed by atoms with E-state index in [0.717, 1.165) is 11.3 Å². The molecule has 5 nitrogen and oxygen atoms in total. The second-order valence-corrected chi connectivity index (χ2v) is 5.05. The molecule has 0 bridgehead atoms. The molecule has 0 atom stereocenters. The summed E-state index contributed by atoms with van der Waals surface area (Å²) >= 11 is 6.11. The third-order valence-corrected chi connectivity index (χ3v) is 2.84. The van der Waals surface area contributed by atoms with Crippen molar-refractivity contribution < 1.29 is 4.74 Å². The van der Waals surface area contributed by atoms with Gasteiger partial charge in [-0.1, -0.05) is 25.4 Å². The van der Waals surface area contributed by atoms with Gasteiger partial charge < -0.3 is 10.1 Å². The minimum Gasteiger partial charge on any atom is -0.419 e. The van der Waals surface area contributed by atoms with Crippen molar-refractivity contribution in [2.24, 2.45) is 0 Å². The predicted octanol–water partition coefficient (Wildman–Crippen LogP) is 3.06. The minimum absolute atomic E-state index is 0.391. The second kappa shape index (κ2) is 6.04. The largest absolute Gasteiger partial charge is 0.419 e. The molecule has 2 N–H and O–H groups in total. The zero-order valence-corrected chi connectivity index (χ0v) is 12.0. The Kier molecular flexibility index (Phi) is 4.39. The number of ether oxygens (including phenoxy) is 1. The number of aromatic amines is 1. The van der Waals surface area contributed by atoms with Gasteiger partial charge >= 0.3 is 0 Å². The van der Waals surface area contributed by atoms with Crippen LogP contribution in [0.25, 0.3) is 0 Å². The lowest BCUT2D eigenvalue weighted by molar-refractivity contribution is 0.442. The molecule has 0 radical (unpaired) electrons. The summed E-state index contributed by atoms with van der Waals surface area (Å²) in [7, 11) is 0. The van der Waals surface area contributed by atoms with Crippen LogP contribution in [0.4, 0.5) is 0 Å². The third kappa shape index (κ3) is 3.94. The first kappa shape index (κ1) is 13.8. The summed E-state index contributed by atoms with van der Waals surface area (Å²) in [5, 5.41) is 10.7. The molecule has 102 valence electrons. The van der Waals surface area contributed by atoms with Gasteiger partial charge in [0, 0.05) is 36.6 Å². The van der Waals surface area contributed by atoms with Crippen molar-refractivity contribution in [2.45, 2.75) is 33.4 Å². The Bertz CT molecular complexity index is 553. The molecular formula is C13H17ClN4O. The molecule has 2 rings (SSSR count). The van der Waals surface area contributed by atoms with E-state index in [2.05, 4.69) is 34.3 Å². The average molecular weight is 281 g/mol. The molecular weight excluding hydrogens is 264 g/mol. The van der Waals surface area contributed by atoms with Crippen molar-refractivity contribution in [3.05, 3.63) is 34.6 Å². The van der Waals surface area contributed by atoms with Crippen LogP contribution in [0, 0.1) is 6.92 Å². The van der Waals surface area contributed by atoms with Crippen molar-refractivity contribution in [2.75, 3.05) is 0 Å². The smallest absolute Gasteiger partial charge is 0.240 e. The van der Waals surface area contributed by atoms with Crippen LogP contribution in [0.15, 0.2) is 18.3 Å². The molecule has 6 heteroatoms. The normalized spacial score (nSPS) is 11.0. The number of nitrogens with zero attached hydrogens (tertiary/aromatic N) is 2. The van der Waals surface area contributed by atoms with Gasteiger partial charge in [-0.2, -0.15) is 0 Å². The monoisotopic (exact) mass is 280 g/mol. The van der Waals surface area contributed by atoms with Crippen molar-refractivity contribution >= 4 is 11.6 Å². The van der Waals surface area contributed by atoms with Crippen molar-refractivity contribution in [1.82, 2.24) is 20.5 Å². The number of aryl methyl sites for hydroxylation is 1. The zero-order valence-electron chi connectivity index (χ0n) is 11.2. The maximum Gasteiger partial charge on any atom is 0.240 e. The summed E-state index contributed by atoms with van der Waals surface area (Å²) in [6, 6.07) is 4.02. The van der Waals surface area contributed by atoms with Gasteiger partial charge in [0.05, 0.1) is 5.02 Å². The number of hydrogen-bond acceptors (Lipinski definition) is 4. The highest BCUT2D eigenvalue weighted by Gasteiger charge is 2.07. The fourth-order valence-corrected chi connectivity index (χ4v) is 1.69. The summed E-state index contributed by atoms with van der Waals surface area (Å²) in [4.78, 5) is 4.13. The Morgan fingerprint density at radius 3 is 2.79 bits per heavy atom. The molecule has 0 unspecified atom stereocenters. The molecule has 0 saturated heterocycles. The van der Waals surface area contributed by atoms with E-state index in [-0.39, 0.29) is 0 Å². The van der Waals surface area contributed by atoms with E-state index in [1.165, 1.54) is 0 Å². The highest BCUT2D eigenvalue weighted by atomic mass is 35.5. The SMILES string of the molecule is Cc1cc(Oc2cc(CNC(C)C)c(Cl)cn2)n[nH]1. The summed E-state index contributed by atoms with van der Waals surface area (Å²) in [5.74, 6) is 0.978. The van der Waals surface area contributed by atoms with Gasteiger partial charge in [0.1, 0.15) is 0 Å². The minimum atomic E-state index is 0.391. The fourth-order valence-electron chi connectivity index (χ4n) is 1.52. The molecule has 0 amide bonds. The quantitative estimate of drug-likeness (QED) is 0.884. The number of pyridine rings is 1. The zero-order chi connectivity index (χ0) is 13.8. The number of H-pyrrole nitrogens is 1. The summed E-state index contributed by atoms with van der Waals surface area (Å²) < 4.78 is 5.56. The number of aromatic nitrogens is 3. The first-order valence-electron chi connectivity index (χ1n) is 6.12. The number of hydrogen-bond donors (Lipinski definition) is 2. The van der Waals surface area contributed by atoms with Crippen LogP contribution in [0.2, 0.25) is 5.02 Å². The number of rotatable bonds is 5. The molecule has 2 aromatic rings. The summed E-state index contributed by atoms with van der Waals surface area (Å²) in [6.45, 7) is 6.75. The summed E-state index contributed by atoms with van der Waals surface area (Å²) in [6.07, 6.45) is 1.59. The molecule has 0 spiro atoms. The topological polar surface area (TPSA) is 62.8 Å². The van der Waals surface area contributed by atoms with E-state index in [1.54, 1.807) is 6.20 Å². The Balaban J connectivity index is 2.11. The highest BCUT2D eigenvalue weighted by molar-refractivity contribution is 6.31. The van der Waals surface area contributed by atoms with Gasteiger partial charge in [-0.05, 0) is 12.5 Å². The van der Waals surface area contributed by atoms with E-state index in [0.29, 0.717) is 29.4 Å². The molecule has 2 aromatic heterocycles. The first-order valence-corrected chi connectivity index (χ1v) is 6.50. The van der Waals surface area contributed by atoms with E-state index in [9.17, 15) is 0 Å². The van der Waals surface area contributed by atoms with Crippen molar-refractivity contribution in [1.29, 1.82) is 0 Å². The van der Waals surface area contributed by atoms with Gasteiger partial charge in [0.2, 0.25) is 11.8 Å². The standard InChI is InChI=1S/C13H17ClN4O/c1-8(2)15-6-10-5-12(16-7-11(10)14)19-13-4-9(3)17-18-13/h4-5,7-8,15H,6H2,1-3H3,(H,17,18). The Hall–Kier alpha value is -1.59. The Labute approximate surface area is 117 Å². The number of halogens is 1. The lowest BCUT2D eigenvalue weighted by Crippen LogP contribution is -2.22. The van der Waals surface area contributed by atoms with Gasteiger partial charge in [-0.15, -0.1) is 5.10 Å². The van der Waals surface area contributed by atoms with Crippen LogP contribution >= 0.6 is 11.6 Å². The fraction of sp³-hybridized carbons (Fsp3) is 0.385. The van der Waals surface area contributed by atoms with Crippen LogP contribution in [-0.4, -0.2) is 21.2 Å². The van der Waals surface area contributed by atoms with E-state index >= 15 is 0 Å². The third-order valence-electron chi connectivity index (χ3n) is 2.50. The molecule has 0 fully saturated rings. The average Bonchev–Trinajstić information content (AvgIpc) is 2.75. The molecule has 19 heavy (non-hydrogen) atoms. The Morgan fingerprint density at radius 2 is 2.16 bits per heavy atom. The first-order chi connectivity index (χ1) is 9.04. The summed E-state index contributed by atoms with van der Waals surface area (Å²) in [5.41, 5.74) is 1.89. The lowest BCUT2D eigenvalue weighted by atomic mass is 10.2. The maximum absolute atomic E-state index is 6.11. The van der Waals surface area contributed by atoms with Crippen LogP contribution in [-0.2, 0) is 6.54 Å². The molecule has 0 aliphatic rings. The van der Waals surface area contributed by atoms with Gasteiger partial charge in [0.15, 0.2) is 0 Å². The van der Waals surface area contributed by atoms with Gasteiger partial charge in [0.25, 0.3) is 0 Å². The van der Waals surface area contributed by atoms with Crippen LogP contribution in [0.3, 0.4) is 0 Å². The van der Waals surface area contributed by atoms with E-state index in [1.807, 2.05) is 19.1 Å². The molecule has 0 saturated carbocycles. The molecule has 0 aliphatic carbocycles. The number of nitrogens with one attached hydrogen (secondary N) is 2. The van der Waals surface area contributed by atoms with E-state index in [4.69, 9.17) is 16.3 Å². The van der Waals surface area contributed by atoms with Gasteiger partial charge in [-0.3, -0.25) is 5.10 Å². The maximum atomic E-state index is 6.11. The van der Waals surface area contributed by atoms with Crippen LogP contribution < -0.4 is 10.1 Å². The van der Waals surface area contributed by atoms with Crippen molar-refractivity contribution in [3.8, 4) is 11.8 Å². The van der Waals surface area contributed by atoms with Crippen LogP contribution in [0.5, 0.6) is 11.8 Å². The van der Waals surface area contributed by atoms with Gasteiger partial charge in [-0.25, -0.2) is 4.98 Å². The molecule has 0 aromatic carbocycles. The Morgan fingerprint density at radius 1 is 1.37 bits per heavy atom. The predicted molar refractivity (Wildman–Crippen MR) is 74.6 cm³/mol. The van der Waals surface area contributed by atoms with Crippen molar-refractivity contribution in [3.63, 3.8) is 0 Å². The van der Waals surface area contributed by atoms with E-state index < -0.39 is 0 Å². The highest BCUT2D eigenvalue weighted by Crippen LogP contribution is 2.23. The van der Waals surface area contributed by atoms with Crippen LogP contribution in [0.1, 0.15) is 25.1 Å².